The zero-order valence-electron chi connectivity index (χ0n) is 20.1. The van der Waals surface area contributed by atoms with Crippen LogP contribution in [0.15, 0.2) is 47.4 Å². The Bertz CT molecular complexity index is 1160. The lowest BCUT2D eigenvalue weighted by Crippen LogP contribution is -2.45. The number of benzene rings is 1. The van der Waals surface area contributed by atoms with Crippen molar-refractivity contribution in [2.24, 2.45) is 5.92 Å². The number of aromatic nitrogens is 4. The summed E-state index contributed by atoms with van der Waals surface area (Å²) in [6.07, 6.45) is 5.10. The molecule has 178 valence electrons. The average molecular weight is 460 g/mol. The SMILES string of the molecule is Cc1nc(N2CCN(C)CC2)ncc1-c1cc(=O)[nH]c(N2CCC(Cc3ccccc3)CC2)n1. The molecule has 2 fully saturated rings. The third kappa shape index (κ3) is 5.12. The van der Waals surface area contributed by atoms with Gasteiger partial charge in [0.15, 0.2) is 0 Å². The van der Waals surface area contributed by atoms with Crippen LogP contribution in [0.1, 0.15) is 24.1 Å². The van der Waals surface area contributed by atoms with Crippen LogP contribution in [0.2, 0.25) is 0 Å². The van der Waals surface area contributed by atoms with E-state index < -0.39 is 0 Å². The summed E-state index contributed by atoms with van der Waals surface area (Å²) < 4.78 is 0. The van der Waals surface area contributed by atoms with Crippen molar-refractivity contribution in [2.45, 2.75) is 26.2 Å². The number of hydrogen-bond acceptors (Lipinski definition) is 7. The second-order valence-electron chi connectivity index (χ2n) is 9.53. The summed E-state index contributed by atoms with van der Waals surface area (Å²) in [6, 6.07) is 12.2. The summed E-state index contributed by atoms with van der Waals surface area (Å²) in [4.78, 5) is 36.4. The molecule has 0 unspecified atom stereocenters. The third-order valence-corrected chi connectivity index (χ3v) is 7.04. The Morgan fingerprint density at radius 3 is 2.41 bits per heavy atom. The highest BCUT2D eigenvalue weighted by molar-refractivity contribution is 5.62. The maximum absolute atomic E-state index is 12.5. The molecule has 0 atom stereocenters. The molecule has 2 aromatic heterocycles. The average Bonchev–Trinajstić information content (AvgIpc) is 2.85. The van der Waals surface area contributed by atoms with E-state index in [0.717, 1.165) is 75.7 Å². The predicted molar refractivity (Wildman–Crippen MR) is 135 cm³/mol. The third-order valence-electron chi connectivity index (χ3n) is 7.04. The highest BCUT2D eigenvalue weighted by Crippen LogP contribution is 2.26. The largest absolute Gasteiger partial charge is 0.342 e. The van der Waals surface area contributed by atoms with Crippen molar-refractivity contribution in [3.05, 3.63) is 64.2 Å². The molecule has 3 aromatic rings. The van der Waals surface area contributed by atoms with E-state index in [1.165, 1.54) is 5.56 Å². The molecule has 2 aliphatic rings. The molecule has 8 nitrogen and oxygen atoms in total. The lowest BCUT2D eigenvalue weighted by Gasteiger charge is -2.33. The molecular weight excluding hydrogens is 426 g/mol. The second kappa shape index (κ2) is 9.93. The van der Waals surface area contributed by atoms with E-state index in [4.69, 9.17) is 9.97 Å². The van der Waals surface area contributed by atoms with Gasteiger partial charge in [-0.1, -0.05) is 30.3 Å². The maximum atomic E-state index is 12.5. The first-order valence-electron chi connectivity index (χ1n) is 12.2. The minimum absolute atomic E-state index is 0.144. The van der Waals surface area contributed by atoms with Crippen LogP contribution < -0.4 is 15.4 Å². The Labute approximate surface area is 200 Å². The van der Waals surface area contributed by atoms with Gasteiger partial charge < -0.3 is 14.7 Å². The number of aromatic amines is 1. The van der Waals surface area contributed by atoms with Crippen molar-refractivity contribution < 1.29 is 0 Å². The van der Waals surface area contributed by atoms with Crippen molar-refractivity contribution in [1.29, 1.82) is 0 Å². The Morgan fingerprint density at radius 1 is 0.971 bits per heavy atom. The van der Waals surface area contributed by atoms with Crippen molar-refractivity contribution in [3.63, 3.8) is 0 Å². The molecule has 34 heavy (non-hydrogen) atoms. The summed E-state index contributed by atoms with van der Waals surface area (Å²) >= 11 is 0. The number of nitrogens with one attached hydrogen (secondary N) is 1. The Hall–Kier alpha value is -3.26. The fourth-order valence-electron chi connectivity index (χ4n) is 4.89. The first kappa shape index (κ1) is 22.5. The molecule has 0 bridgehead atoms. The zero-order valence-corrected chi connectivity index (χ0v) is 20.1. The Kier molecular flexibility index (Phi) is 6.58. The molecule has 0 amide bonds. The first-order valence-corrected chi connectivity index (χ1v) is 12.2. The monoisotopic (exact) mass is 459 g/mol. The van der Waals surface area contributed by atoms with Gasteiger partial charge in [-0.2, -0.15) is 0 Å². The van der Waals surface area contributed by atoms with Crippen LogP contribution in [0.3, 0.4) is 0 Å². The van der Waals surface area contributed by atoms with Crippen LogP contribution >= 0.6 is 0 Å². The van der Waals surface area contributed by atoms with Gasteiger partial charge in [-0.3, -0.25) is 9.78 Å². The molecule has 0 saturated carbocycles. The van der Waals surface area contributed by atoms with Crippen LogP contribution in [0.5, 0.6) is 0 Å². The molecule has 1 N–H and O–H groups in total. The highest BCUT2D eigenvalue weighted by Gasteiger charge is 2.22. The number of nitrogens with zero attached hydrogens (tertiary/aromatic N) is 6. The lowest BCUT2D eigenvalue weighted by molar-refractivity contribution is 0.311. The van der Waals surface area contributed by atoms with Gasteiger partial charge in [0.05, 0.1) is 11.4 Å². The first-order chi connectivity index (χ1) is 16.5. The number of anilines is 2. The molecular formula is C26H33N7O. The van der Waals surface area contributed by atoms with Crippen molar-refractivity contribution >= 4 is 11.9 Å². The van der Waals surface area contributed by atoms with Crippen molar-refractivity contribution in [2.75, 3.05) is 56.1 Å². The fourth-order valence-corrected chi connectivity index (χ4v) is 4.89. The summed E-state index contributed by atoms with van der Waals surface area (Å²) in [5.41, 5.74) is 3.53. The van der Waals surface area contributed by atoms with Crippen LogP contribution in [0.4, 0.5) is 11.9 Å². The summed E-state index contributed by atoms with van der Waals surface area (Å²) in [5, 5.41) is 0. The van der Waals surface area contributed by atoms with E-state index in [1.54, 1.807) is 6.07 Å². The van der Waals surface area contributed by atoms with Crippen LogP contribution in [0, 0.1) is 12.8 Å². The van der Waals surface area contributed by atoms with Gasteiger partial charge in [0, 0.05) is 57.1 Å². The standard InChI is InChI=1S/C26H33N7O/c1-19-22(18-27-25(28-19)33-14-12-31(2)13-15-33)23-17-24(34)30-26(29-23)32-10-8-21(9-11-32)16-20-6-4-3-5-7-20/h3-7,17-18,21H,8-16H2,1-2H3,(H,29,30,34). The van der Waals surface area contributed by atoms with Gasteiger partial charge in [-0.15, -0.1) is 0 Å². The van der Waals surface area contributed by atoms with Crippen LogP contribution in [-0.2, 0) is 6.42 Å². The lowest BCUT2D eigenvalue weighted by atomic mass is 9.90. The predicted octanol–water partition coefficient (Wildman–Crippen LogP) is 2.75. The van der Waals surface area contributed by atoms with E-state index in [1.807, 2.05) is 13.1 Å². The number of piperidine rings is 1. The van der Waals surface area contributed by atoms with E-state index in [2.05, 4.69) is 62.0 Å². The molecule has 2 saturated heterocycles. The number of likely N-dealkylation sites (N-methyl/N-ethyl adjacent to an activating group) is 1. The van der Waals surface area contributed by atoms with Crippen molar-refractivity contribution in [3.8, 4) is 11.3 Å². The molecule has 4 heterocycles. The van der Waals surface area contributed by atoms with Gasteiger partial charge in [-0.25, -0.2) is 15.0 Å². The second-order valence-corrected chi connectivity index (χ2v) is 9.53. The van der Waals surface area contributed by atoms with Gasteiger partial charge in [0.25, 0.3) is 5.56 Å². The minimum Gasteiger partial charge on any atom is -0.342 e. The minimum atomic E-state index is -0.144. The van der Waals surface area contributed by atoms with E-state index in [9.17, 15) is 4.79 Å². The molecule has 0 radical (unpaired) electrons. The Morgan fingerprint density at radius 2 is 1.71 bits per heavy atom. The fraction of sp³-hybridized carbons (Fsp3) is 0.462. The smallest absolute Gasteiger partial charge is 0.252 e. The summed E-state index contributed by atoms with van der Waals surface area (Å²) in [5.74, 6) is 2.05. The number of piperazine rings is 1. The summed E-state index contributed by atoms with van der Waals surface area (Å²) in [7, 11) is 2.13. The number of hydrogen-bond donors (Lipinski definition) is 1. The number of H-pyrrole nitrogens is 1. The molecule has 8 heteroatoms. The highest BCUT2D eigenvalue weighted by atomic mass is 16.1. The van der Waals surface area contributed by atoms with Gasteiger partial charge in [0.1, 0.15) is 0 Å². The van der Waals surface area contributed by atoms with Crippen LogP contribution in [0.25, 0.3) is 11.3 Å². The van der Waals surface area contributed by atoms with Crippen LogP contribution in [-0.4, -0.2) is 71.2 Å². The van der Waals surface area contributed by atoms with Gasteiger partial charge >= 0.3 is 0 Å². The number of aryl methyl sites for hydroxylation is 1. The Balaban J connectivity index is 1.29. The summed E-state index contributed by atoms with van der Waals surface area (Å²) in [6.45, 7) is 7.60. The molecule has 1 aromatic carbocycles. The zero-order chi connectivity index (χ0) is 23.5. The quantitative estimate of drug-likeness (QED) is 0.628. The van der Waals surface area contributed by atoms with Crippen molar-refractivity contribution in [1.82, 2.24) is 24.8 Å². The topological polar surface area (TPSA) is 81.2 Å². The molecule has 5 rings (SSSR count). The van der Waals surface area contributed by atoms with E-state index in [-0.39, 0.29) is 5.56 Å². The molecule has 2 aliphatic heterocycles. The number of rotatable bonds is 5. The van der Waals surface area contributed by atoms with Gasteiger partial charge in [0.2, 0.25) is 11.9 Å². The van der Waals surface area contributed by atoms with E-state index >= 15 is 0 Å². The normalized spacial score (nSPS) is 17.8. The maximum Gasteiger partial charge on any atom is 0.252 e. The molecule has 0 spiro atoms. The van der Waals surface area contributed by atoms with E-state index in [0.29, 0.717) is 17.6 Å². The molecule has 0 aliphatic carbocycles. The van der Waals surface area contributed by atoms with Gasteiger partial charge in [-0.05, 0) is 44.7 Å².